The molecule has 1 aliphatic rings. The van der Waals surface area contributed by atoms with Crippen molar-refractivity contribution in [3.63, 3.8) is 0 Å². The van der Waals surface area contributed by atoms with Crippen LogP contribution < -0.4 is 5.32 Å². The van der Waals surface area contributed by atoms with E-state index >= 15 is 0 Å². The third kappa shape index (κ3) is 2.72. The highest BCUT2D eigenvalue weighted by atomic mass is 16.3. The lowest BCUT2D eigenvalue weighted by atomic mass is 10.1. The summed E-state index contributed by atoms with van der Waals surface area (Å²) in [5.41, 5.74) is 4.20. The van der Waals surface area contributed by atoms with Gasteiger partial charge in [0.2, 0.25) is 0 Å². The number of aliphatic hydroxyl groups is 1. The lowest BCUT2D eigenvalue weighted by Gasteiger charge is -2.09. The molecule has 0 saturated heterocycles. The summed E-state index contributed by atoms with van der Waals surface area (Å²) >= 11 is 0. The number of fused-ring (bicyclic) bond motifs is 1. The highest BCUT2D eigenvalue weighted by Gasteiger charge is 2.10. The van der Waals surface area contributed by atoms with E-state index in [2.05, 4.69) is 23.5 Å². The van der Waals surface area contributed by atoms with Crippen LogP contribution in [0.25, 0.3) is 0 Å². The lowest BCUT2D eigenvalue weighted by molar-refractivity contribution is 0.189. The van der Waals surface area contributed by atoms with Gasteiger partial charge >= 0.3 is 0 Å². The average Bonchev–Trinajstić information content (AvgIpc) is 2.64. The van der Waals surface area contributed by atoms with Crippen molar-refractivity contribution in [3.05, 3.63) is 29.3 Å². The van der Waals surface area contributed by atoms with E-state index in [9.17, 15) is 0 Å². The zero-order valence-electron chi connectivity index (χ0n) is 9.29. The van der Waals surface area contributed by atoms with Gasteiger partial charge in [-0.2, -0.15) is 0 Å². The number of anilines is 1. The maximum atomic E-state index is 9.15. The Bertz CT molecular complexity index is 333. The van der Waals surface area contributed by atoms with Crippen LogP contribution in [0.5, 0.6) is 0 Å². The molecule has 0 aromatic heterocycles. The summed E-state index contributed by atoms with van der Waals surface area (Å²) in [6.07, 6.45) is 4.35. The predicted octanol–water partition coefficient (Wildman–Crippen LogP) is 2.36. The number of aryl methyl sites for hydroxylation is 2. The van der Waals surface area contributed by atoms with Crippen molar-refractivity contribution in [1.82, 2.24) is 0 Å². The molecule has 0 amide bonds. The molecule has 0 saturated carbocycles. The number of hydrogen-bond donors (Lipinski definition) is 2. The molecule has 82 valence electrons. The fourth-order valence-corrected chi connectivity index (χ4v) is 2.11. The van der Waals surface area contributed by atoms with Gasteiger partial charge in [0.1, 0.15) is 0 Å². The first kappa shape index (κ1) is 10.5. The SMILES string of the molecule is CC(O)CCNc1ccc2c(c1)CCC2. The van der Waals surface area contributed by atoms with Crippen LogP contribution in [0.3, 0.4) is 0 Å². The lowest BCUT2D eigenvalue weighted by Crippen LogP contribution is -2.09. The Morgan fingerprint density at radius 1 is 1.33 bits per heavy atom. The molecule has 1 aromatic carbocycles. The summed E-state index contributed by atoms with van der Waals surface area (Å²) in [4.78, 5) is 0. The van der Waals surface area contributed by atoms with Crippen LogP contribution in [-0.4, -0.2) is 17.8 Å². The molecule has 15 heavy (non-hydrogen) atoms. The highest BCUT2D eigenvalue weighted by Crippen LogP contribution is 2.24. The first-order chi connectivity index (χ1) is 7.25. The zero-order valence-corrected chi connectivity index (χ0v) is 9.29. The van der Waals surface area contributed by atoms with Gasteiger partial charge < -0.3 is 10.4 Å². The smallest absolute Gasteiger partial charge is 0.0528 e. The van der Waals surface area contributed by atoms with Gasteiger partial charge in [-0.25, -0.2) is 0 Å². The molecular formula is C13H19NO. The molecule has 1 unspecified atom stereocenters. The van der Waals surface area contributed by atoms with Gasteiger partial charge in [0.05, 0.1) is 6.10 Å². The van der Waals surface area contributed by atoms with E-state index in [4.69, 9.17) is 5.11 Å². The number of benzene rings is 1. The van der Waals surface area contributed by atoms with E-state index in [0.717, 1.165) is 13.0 Å². The van der Waals surface area contributed by atoms with Crippen LogP contribution in [0.2, 0.25) is 0 Å². The minimum absolute atomic E-state index is 0.216. The topological polar surface area (TPSA) is 32.3 Å². The minimum atomic E-state index is -0.216. The average molecular weight is 205 g/mol. The van der Waals surface area contributed by atoms with Crippen LogP contribution in [0.1, 0.15) is 30.9 Å². The van der Waals surface area contributed by atoms with Crippen molar-refractivity contribution in [3.8, 4) is 0 Å². The number of hydrogen-bond acceptors (Lipinski definition) is 2. The van der Waals surface area contributed by atoms with Gasteiger partial charge in [-0.15, -0.1) is 0 Å². The fraction of sp³-hybridized carbons (Fsp3) is 0.538. The first-order valence-corrected chi connectivity index (χ1v) is 5.79. The molecule has 0 fully saturated rings. The molecule has 0 aliphatic heterocycles. The predicted molar refractivity (Wildman–Crippen MR) is 63.3 cm³/mol. The largest absolute Gasteiger partial charge is 0.393 e. The van der Waals surface area contributed by atoms with Crippen molar-refractivity contribution < 1.29 is 5.11 Å². The van der Waals surface area contributed by atoms with Crippen LogP contribution in [-0.2, 0) is 12.8 Å². The van der Waals surface area contributed by atoms with Gasteiger partial charge in [0.15, 0.2) is 0 Å². The van der Waals surface area contributed by atoms with Crippen LogP contribution in [0.4, 0.5) is 5.69 Å². The summed E-state index contributed by atoms with van der Waals surface area (Å²) in [5.74, 6) is 0. The van der Waals surface area contributed by atoms with Crippen molar-refractivity contribution in [2.24, 2.45) is 0 Å². The Balaban J connectivity index is 1.92. The molecule has 0 heterocycles. The van der Waals surface area contributed by atoms with E-state index in [1.54, 1.807) is 0 Å². The van der Waals surface area contributed by atoms with Gasteiger partial charge in [0, 0.05) is 12.2 Å². The molecule has 1 atom stereocenters. The number of rotatable bonds is 4. The second-order valence-electron chi connectivity index (χ2n) is 4.40. The maximum absolute atomic E-state index is 9.15. The van der Waals surface area contributed by atoms with E-state index in [-0.39, 0.29) is 6.10 Å². The van der Waals surface area contributed by atoms with Crippen molar-refractivity contribution in [1.29, 1.82) is 0 Å². The van der Waals surface area contributed by atoms with Crippen molar-refractivity contribution >= 4 is 5.69 Å². The van der Waals surface area contributed by atoms with Gasteiger partial charge in [-0.3, -0.25) is 0 Å². The van der Waals surface area contributed by atoms with E-state index < -0.39 is 0 Å². The summed E-state index contributed by atoms with van der Waals surface area (Å²) in [6.45, 7) is 2.67. The van der Waals surface area contributed by atoms with Crippen molar-refractivity contribution in [2.45, 2.75) is 38.7 Å². The molecule has 0 bridgehead atoms. The van der Waals surface area contributed by atoms with E-state index in [1.165, 1.54) is 36.1 Å². The van der Waals surface area contributed by atoms with Crippen LogP contribution in [0, 0.1) is 0 Å². The molecule has 0 radical (unpaired) electrons. The molecule has 2 rings (SSSR count). The fourth-order valence-electron chi connectivity index (χ4n) is 2.11. The quantitative estimate of drug-likeness (QED) is 0.791. The summed E-state index contributed by atoms with van der Waals surface area (Å²) in [5, 5.41) is 12.5. The molecule has 2 nitrogen and oxygen atoms in total. The summed E-state index contributed by atoms with van der Waals surface area (Å²) in [6, 6.07) is 6.63. The van der Waals surface area contributed by atoms with E-state index in [1.807, 2.05) is 6.92 Å². The summed E-state index contributed by atoms with van der Waals surface area (Å²) < 4.78 is 0. The van der Waals surface area contributed by atoms with Gasteiger partial charge in [0.25, 0.3) is 0 Å². The minimum Gasteiger partial charge on any atom is -0.393 e. The Kier molecular flexibility index (Phi) is 3.27. The van der Waals surface area contributed by atoms with Gasteiger partial charge in [-0.1, -0.05) is 6.07 Å². The third-order valence-corrected chi connectivity index (χ3v) is 2.99. The molecule has 1 aliphatic carbocycles. The molecular weight excluding hydrogens is 186 g/mol. The number of nitrogens with one attached hydrogen (secondary N) is 1. The highest BCUT2D eigenvalue weighted by molar-refractivity contribution is 5.50. The van der Waals surface area contributed by atoms with Gasteiger partial charge in [-0.05, 0) is 55.9 Å². The van der Waals surface area contributed by atoms with Crippen LogP contribution >= 0.6 is 0 Å². The van der Waals surface area contributed by atoms with Crippen LogP contribution in [0.15, 0.2) is 18.2 Å². The Morgan fingerprint density at radius 2 is 2.13 bits per heavy atom. The monoisotopic (exact) mass is 205 g/mol. The maximum Gasteiger partial charge on any atom is 0.0528 e. The third-order valence-electron chi connectivity index (χ3n) is 2.99. The van der Waals surface area contributed by atoms with E-state index in [0.29, 0.717) is 0 Å². The molecule has 0 spiro atoms. The number of aliphatic hydroxyl groups excluding tert-OH is 1. The Morgan fingerprint density at radius 3 is 2.93 bits per heavy atom. The normalized spacial score (nSPS) is 16.1. The first-order valence-electron chi connectivity index (χ1n) is 5.79. The zero-order chi connectivity index (χ0) is 10.7. The molecule has 2 heteroatoms. The second kappa shape index (κ2) is 4.67. The molecule has 2 N–H and O–H groups in total. The summed E-state index contributed by atoms with van der Waals surface area (Å²) in [7, 11) is 0. The molecule has 1 aromatic rings. The second-order valence-corrected chi connectivity index (χ2v) is 4.40. The van der Waals surface area contributed by atoms with Crippen molar-refractivity contribution in [2.75, 3.05) is 11.9 Å². The Labute approximate surface area is 91.3 Å². The standard InChI is InChI=1S/C13H19NO/c1-10(15)7-8-14-13-6-5-11-3-2-4-12(11)9-13/h5-6,9-10,14-15H,2-4,7-8H2,1H3. The Hall–Kier alpha value is -1.02.